The van der Waals surface area contributed by atoms with Gasteiger partial charge in [0.05, 0.1) is 6.42 Å². The lowest BCUT2D eigenvalue weighted by molar-refractivity contribution is -0.213. The van der Waals surface area contributed by atoms with E-state index < -0.39 is 18.5 Å². The van der Waals surface area contributed by atoms with Crippen LogP contribution in [0, 0.1) is 41.5 Å². The van der Waals surface area contributed by atoms with Crippen LogP contribution in [0.1, 0.15) is 38.9 Å². The van der Waals surface area contributed by atoms with Crippen molar-refractivity contribution in [1.82, 2.24) is 0 Å². The number of rotatable bonds is 8. The van der Waals surface area contributed by atoms with Crippen molar-refractivity contribution in [3.8, 4) is 28.0 Å². The molecule has 3 aromatic carbocycles. The van der Waals surface area contributed by atoms with Crippen LogP contribution in [0.25, 0.3) is 22.3 Å². The highest BCUT2D eigenvalue weighted by Crippen LogP contribution is 2.42. The molecule has 6 nitrogen and oxygen atoms in total. The van der Waals surface area contributed by atoms with Crippen LogP contribution in [0.3, 0.4) is 0 Å². The Morgan fingerprint density at radius 1 is 0.676 bits per heavy atom. The molecule has 2 N–H and O–H groups in total. The molecule has 0 spiro atoms. The maximum atomic E-state index is 11.8. The first-order chi connectivity index (χ1) is 16.0. The Hall–Kier alpha value is -3.64. The zero-order valence-electron chi connectivity index (χ0n) is 20.4. The van der Waals surface area contributed by atoms with Crippen LogP contribution in [0.4, 0.5) is 0 Å². The monoisotopic (exact) mass is 462 g/mol. The molecule has 3 rings (SSSR count). The van der Waals surface area contributed by atoms with Crippen molar-refractivity contribution in [2.24, 2.45) is 0 Å². The fourth-order valence-corrected chi connectivity index (χ4v) is 4.78. The molecule has 0 atom stereocenters. The molecule has 0 aromatic heterocycles. The second-order valence-corrected chi connectivity index (χ2v) is 8.86. The summed E-state index contributed by atoms with van der Waals surface area (Å²) in [6.07, 6.45) is -0.171. The van der Waals surface area contributed by atoms with Crippen molar-refractivity contribution in [1.29, 1.82) is 0 Å². The molecule has 0 bridgehead atoms. The van der Waals surface area contributed by atoms with Gasteiger partial charge in [-0.25, -0.2) is 4.79 Å². The molecule has 0 saturated heterocycles. The van der Waals surface area contributed by atoms with Crippen LogP contribution in [-0.4, -0.2) is 28.8 Å². The molecule has 0 aliphatic rings. The molecule has 0 fully saturated rings. The lowest BCUT2D eigenvalue weighted by Crippen LogP contribution is -2.11. The van der Waals surface area contributed by atoms with E-state index in [0.717, 1.165) is 50.1 Å². The van der Waals surface area contributed by atoms with Crippen LogP contribution in [-0.2, 0) is 20.9 Å². The van der Waals surface area contributed by atoms with Crippen molar-refractivity contribution in [3.63, 3.8) is 0 Å². The zero-order valence-corrected chi connectivity index (χ0v) is 20.4. The number of aryl methyl sites for hydroxylation is 6. The highest BCUT2D eigenvalue weighted by Gasteiger charge is 2.21. The normalized spacial score (nSPS) is 10.9. The van der Waals surface area contributed by atoms with Crippen molar-refractivity contribution >= 4 is 11.9 Å². The fraction of sp³-hybridized carbons (Fsp3) is 0.286. The molecule has 178 valence electrons. The summed E-state index contributed by atoms with van der Waals surface area (Å²) in [6, 6.07) is 11.8. The molecule has 3 aromatic rings. The Labute approximate surface area is 199 Å². The van der Waals surface area contributed by atoms with E-state index in [4.69, 9.17) is 14.9 Å². The van der Waals surface area contributed by atoms with Crippen LogP contribution < -0.4 is 4.89 Å². The van der Waals surface area contributed by atoms with Crippen LogP contribution in [0.5, 0.6) is 5.75 Å². The highest BCUT2D eigenvalue weighted by atomic mass is 17.2. The lowest BCUT2D eigenvalue weighted by atomic mass is 9.86. The molecule has 0 aliphatic heterocycles. The van der Waals surface area contributed by atoms with Gasteiger partial charge in [0.1, 0.15) is 0 Å². The summed E-state index contributed by atoms with van der Waals surface area (Å²) in [5, 5.41) is 18.7. The third-order valence-corrected chi connectivity index (χ3v) is 5.77. The minimum absolute atomic E-state index is 0.171. The smallest absolute Gasteiger partial charge is 0.334 e. The number of carboxylic acid groups (broad SMARTS) is 2. The van der Waals surface area contributed by atoms with E-state index in [9.17, 15) is 14.7 Å². The molecule has 6 heteroatoms. The van der Waals surface area contributed by atoms with Crippen molar-refractivity contribution in [2.45, 2.75) is 48.0 Å². The Morgan fingerprint density at radius 3 is 1.59 bits per heavy atom. The zero-order chi connectivity index (χ0) is 25.2. The summed E-state index contributed by atoms with van der Waals surface area (Å²) in [4.78, 5) is 33.4. The van der Waals surface area contributed by atoms with Gasteiger partial charge in [-0.1, -0.05) is 35.4 Å². The summed E-state index contributed by atoms with van der Waals surface area (Å²) >= 11 is 0. The van der Waals surface area contributed by atoms with E-state index in [1.54, 1.807) is 6.07 Å². The number of aliphatic carboxylic acids is 2. The SMILES string of the molecule is Cc1cc(C)c(-c2cc(OOCC(=O)O)c(-c3c(C)cc(C)cc3C)cc2CC(=O)O)c(C)c1. The van der Waals surface area contributed by atoms with Crippen molar-refractivity contribution in [2.75, 3.05) is 6.61 Å². The van der Waals surface area contributed by atoms with Gasteiger partial charge in [0, 0.05) is 5.56 Å². The van der Waals surface area contributed by atoms with Crippen LogP contribution in [0.15, 0.2) is 36.4 Å². The maximum absolute atomic E-state index is 11.8. The number of hydrogen-bond donors (Lipinski definition) is 2. The number of benzene rings is 3. The molecule has 0 saturated carbocycles. The van der Waals surface area contributed by atoms with E-state index in [-0.39, 0.29) is 6.42 Å². The maximum Gasteiger partial charge on any atom is 0.334 e. The van der Waals surface area contributed by atoms with Crippen LogP contribution in [0.2, 0.25) is 0 Å². The van der Waals surface area contributed by atoms with Crippen LogP contribution >= 0.6 is 0 Å². The molecule has 0 amide bonds. The molecule has 34 heavy (non-hydrogen) atoms. The first-order valence-corrected chi connectivity index (χ1v) is 11.0. The quantitative estimate of drug-likeness (QED) is 0.320. The van der Waals surface area contributed by atoms with E-state index in [2.05, 4.69) is 12.1 Å². The van der Waals surface area contributed by atoms with Gasteiger partial charge < -0.3 is 15.1 Å². The molecule has 0 radical (unpaired) electrons. The average Bonchev–Trinajstić information content (AvgIpc) is 2.68. The van der Waals surface area contributed by atoms with Gasteiger partial charge in [0.2, 0.25) is 0 Å². The second kappa shape index (κ2) is 10.1. The molecule has 0 aliphatic carbocycles. The third-order valence-electron chi connectivity index (χ3n) is 5.77. The molecule has 0 heterocycles. The Morgan fingerprint density at radius 2 is 1.15 bits per heavy atom. The standard InChI is InChI=1S/C28H30O6/c1-15-7-17(3)27(18(4)8-15)22-13-24(34-33-14-26(31)32)23(11-21(22)12-25(29)30)28-19(5)9-16(2)10-20(28)6/h7-11,13H,12,14H2,1-6H3,(H,29,30)(H,31,32). The van der Waals surface area contributed by atoms with Gasteiger partial charge in [0.25, 0.3) is 0 Å². The van der Waals surface area contributed by atoms with Gasteiger partial charge in [-0.3, -0.25) is 4.79 Å². The van der Waals surface area contributed by atoms with Gasteiger partial charge in [0.15, 0.2) is 12.4 Å². The first-order valence-electron chi connectivity index (χ1n) is 11.0. The van der Waals surface area contributed by atoms with Gasteiger partial charge >= 0.3 is 11.9 Å². The average molecular weight is 463 g/mol. The number of carbonyl (C=O) groups is 2. The second-order valence-electron chi connectivity index (χ2n) is 8.86. The fourth-order valence-electron chi connectivity index (χ4n) is 4.78. The van der Waals surface area contributed by atoms with E-state index in [1.807, 2.05) is 59.7 Å². The Kier molecular flexibility index (Phi) is 7.42. The third kappa shape index (κ3) is 5.46. The predicted molar refractivity (Wildman–Crippen MR) is 131 cm³/mol. The Bertz CT molecular complexity index is 1230. The van der Waals surface area contributed by atoms with E-state index in [1.165, 1.54) is 0 Å². The first kappa shape index (κ1) is 25.0. The van der Waals surface area contributed by atoms with E-state index in [0.29, 0.717) is 16.9 Å². The summed E-state index contributed by atoms with van der Waals surface area (Å²) in [7, 11) is 0. The van der Waals surface area contributed by atoms with Crippen molar-refractivity contribution in [3.05, 3.63) is 75.3 Å². The molecular weight excluding hydrogens is 432 g/mol. The minimum atomic E-state index is -1.16. The topological polar surface area (TPSA) is 93.1 Å². The van der Waals surface area contributed by atoms with Crippen molar-refractivity contribution < 1.29 is 29.6 Å². The summed E-state index contributed by atoms with van der Waals surface area (Å²) < 4.78 is 0. The highest BCUT2D eigenvalue weighted by molar-refractivity contribution is 5.86. The summed E-state index contributed by atoms with van der Waals surface area (Å²) in [5.74, 6) is -1.76. The molecular formula is C28H30O6. The summed E-state index contributed by atoms with van der Waals surface area (Å²) in [5.41, 5.74) is 10.1. The van der Waals surface area contributed by atoms with E-state index >= 15 is 0 Å². The van der Waals surface area contributed by atoms with Gasteiger partial charge in [-0.2, -0.15) is 4.89 Å². The lowest BCUT2D eigenvalue weighted by Gasteiger charge is -2.21. The van der Waals surface area contributed by atoms with Gasteiger partial charge in [-0.05, 0) is 98.2 Å². The number of hydrogen-bond acceptors (Lipinski definition) is 4. The summed E-state index contributed by atoms with van der Waals surface area (Å²) in [6.45, 7) is 11.3. The Balaban J connectivity index is 2.34. The molecule has 0 unspecified atom stereocenters. The minimum Gasteiger partial charge on any atom is -0.481 e. The van der Waals surface area contributed by atoms with Gasteiger partial charge in [-0.15, -0.1) is 0 Å². The number of carboxylic acids is 2. The predicted octanol–water partition coefficient (Wildman–Crippen LogP) is 5.89. The largest absolute Gasteiger partial charge is 0.481 e.